The van der Waals surface area contributed by atoms with Crippen molar-refractivity contribution in [3.8, 4) is 28.6 Å². The van der Waals surface area contributed by atoms with Crippen LogP contribution in [-0.4, -0.2) is 9.13 Å². The Morgan fingerprint density at radius 1 is 0.468 bits per heavy atom. The van der Waals surface area contributed by atoms with Gasteiger partial charge in [-0.3, -0.25) is 0 Å². The number of hydrogen-bond acceptors (Lipinski definition) is 2. The summed E-state index contributed by atoms with van der Waals surface area (Å²) in [5.41, 5.74) is 10.8. The lowest BCUT2D eigenvalue weighted by Crippen LogP contribution is -1.98. The third-order valence-corrected chi connectivity index (χ3v) is 9.57. The van der Waals surface area contributed by atoms with Gasteiger partial charge in [0.15, 0.2) is 0 Å². The van der Waals surface area contributed by atoms with Crippen LogP contribution < -0.4 is 0 Å². The molecule has 4 heteroatoms. The Kier molecular flexibility index (Phi) is 5.32. The maximum absolute atomic E-state index is 10.6. The molecule has 10 rings (SSSR count). The van der Waals surface area contributed by atoms with Crippen LogP contribution in [0.1, 0.15) is 5.56 Å². The molecule has 4 nitrogen and oxygen atoms in total. The highest BCUT2D eigenvalue weighted by atomic mass is 16.3. The molecule has 0 spiro atoms. The van der Waals surface area contributed by atoms with Crippen LogP contribution in [0.3, 0.4) is 0 Å². The zero-order chi connectivity index (χ0) is 31.1. The van der Waals surface area contributed by atoms with Crippen LogP contribution in [0.25, 0.3) is 88.1 Å². The quantitative estimate of drug-likeness (QED) is 0.203. The molecule has 0 aliphatic carbocycles. The molecule has 7 aromatic carbocycles. The van der Waals surface area contributed by atoms with Crippen molar-refractivity contribution in [3.63, 3.8) is 0 Å². The molecule has 47 heavy (non-hydrogen) atoms. The number of nitriles is 1. The van der Waals surface area contributed by atoms with Crippen molar-refractivity contribution in [2.24, 2.45) is 0 Å². The molecule has 0 saturated carbocycles. The number of fused-ring (bicyclic) bond motifs is 10. The van der Waals surface area contributed by atoms with E-state index < -0.39 is 0 Å². The lowest BCUT2D eigenvalue weighted by Gasteiger charge is -2.13. The predicted octanol–water partition coefficient (Wildman–Crippen LogP) is 11.3. The molecular weight excluding hydrogens is 574 g/mol. The van der Waals surface area contributed by atoms with Gasteiger partial charge >= 0.3 is 0 Å². The van der Waals surface area contributed by atoms with Crippen molar-refractivity contribution in [2.75, 3.05) is 0 Å². The summed E-state index contributed by atoms with van der Waals surface area (Å²) in [6, 6.07) is 55.3. The van der Waals surface area contributed by atoms with Crippen LogP contribution in [0.5, 0.6) is 0 Å². The van der Waals surface area contributed by atoms with E-state index in [1.807, 2.05) is 24.3 Å². The Labute approximate surface area is 269 Å². The average molecular weight is 600 g/mol. The molecule has 0 atom stereocenters. The maximum Gasteiger partial charge on any atom is 0.137 e. The van der Waals surface area contributed by atoms with E-state index in [-0.39, 0.29) is 0 Å². The molecule has 0 radical (unpaired) electrons. The molecular formula is C43H25N3O. The highest BCUT2D eigenvalue weighted by molar-refractivity contribution is 6.24. The highest BCUT2D eigenvalue weighted by Gasteiger charge is 2.20. The summed E-state index contributed by atoms with van der Waals surface area (Å²) in [4.78, 5) is 0. The maximum atomic E-state index is 10.6. The second kappa shape index (κ2) is 9.71. The fourth-order valence-corrected chi connectivity index (χ4v) is 7.52. The summed E-state index contributed by atoms with van der Waals surface area (Å²) in [6.07, 6.45) is 0. The molecule has 0 saturated heterocycles. The van der Waals surface area contributed by atoms with Crippen LogP contribution in [0, 0.1) is 11.3 Å². The van der Waals surface area contributed by atoms with Crippen LogP contribution in [0.4, 0.5) is 0 Å². The Bertz CT molecular complexity index is 2860. The highest BCUT2D eigenvalue weighted by Crippen LogP contribution is 2.41. The van der Waals surface area contributed by atoms with Gasteiger partial charge in [-0.25, -0.2) is 0 Å². The van der Waals surface area contributed by atoms with Gasteiger partial charge in [0.2, 0.25) is 0 Å². The van der Waals surface area contributed by atoms with Crippen molar-refractivity contribution in [2.45, 2.75) is 0 Å². The Hall–Kier alpha value is -6.57. The third kappa shape index (κ3) is 3.63. The number of hydrogen-bond donors (Lipinski definition) is 0. The summed E-state index contributed by atoms with van der Waals surface area (Å²) < 4.78 is 10.8. The zero-order valence-corrected chi connectivity index (χ0v) is 25.2. The molecule has 0 fully saturated rings. The lowest BCUT2D eigenvalue weighted by atomic mass is 10.0. The van der Waals surface area contributed by atoms with Crippen molar-refractivity contribution in [1.82, 2.24) is 9.13 Å². The number of benzene rings is 7. The van der Waals surface area contributed by atoms with Crippen LogP contribution in [-0.2, 0) is 0 Å². The van der Waals surface area contributed by atoms with Crippen LogP contribution in [0.2, 0.25) is 0 Å². The number of aromatic nitrogens is 2. The first-order chi connectivity index (χ1) is 23.3. The largest absolute Gasteiger partial charge is 0.456 e. The molecule has 0 amide bonds. The minimum atomic E-state index is 0.612. The molecule has 0 aliphatic heterocycles. The van der Waals surface area contributed by atoms with Gasteiger partial charge in [-0.15, -0.1) is 0 Å². The first-order valence-electron chi connectivity index (χ1n) is 15.8. The molecule has 218 valence electrons. The Morgan fingerprint density at radius 2 is 1.04 bits per heavy atom. The van der Waals surface area contributed by atoms with Gasteiger partial charge in [-0.1, -0.05) is 91.0 Å². The van der Waals surface area contributed by atoms with E-state index in [1.165, 1.54) is 21.8 Å². The molecule has 3 heterocycles. The lowest BCUT2D eigenvalue weighted by molar-refractivity contribution is 0.669. The van der Waals surface area contributed by atoms with Crippen LogP contribution >= 0.6 is 0 Å². The normalized spacial score (nSPS) is 11.8. The van der Waals surface area contributed by atoms with Crippen LogP contribution in [0.15, 0.2) is 156 Å². The van der Waals surface area contributed by atoms with E-state index in [1.54, 1.807) is 0 Å². The first kappa shape index (κ1) is 25.7. The van der Waals surface area contributed by atoms with Crippen molar-refractivity contribution in [1.29, 1.82) is 5.26 Å². The summed E-state index contributed by atoms with van der Waals surface area (Å²) >= 11 is 0. The van der Waals surface area contributed by atoms with Gasteiger partial charge in [-0.2, -0.15) is 5.26 Å². The minimum Gasteiger partial charge on any atom is -0.456 e. The van der Waals surface area contributed by atoms with E-state index in [0.717, 1.165) is 66.2 Å². The molecule has 3 aromatic heterocycles. The fraction of sp³-hybridized carbons (Fsp3) is 0. The number of para-hydroxylation sites is 4. The number of furan rings is 1. The fourth-order valence-electron chi connectivity index (χ4n) is 7.52. The number of rotatable bonds is 3. The first-order valence-corrected chi connectivity index (χ1v) is 15.8. The standard InChI is InChI=1S/C43H25N3O/c44-26-29-25-28(27-17-20-30(21-18-27)45-37-13-5-1-9-31(37)32-10-2-6-14-38(32)45)19-23-36(29)46-39-15-7-3-11-33(39)34-22-24-41-42(43(34)46)35-12-4-8-16-40(35)47-41/h1-25H. The van der Waals surface area contributed by atoms with E-state index >= 15 is 0 Å². The average Bonchev–Trinajstić information content (AvgIpc) is 3.79. The second-order valence-electron chi connectivity index (χ2n) is 12.0. The van der Waals surface area contributed by atoms with Crippen molar-refractivity contribution >= 4 is 65.6 Å². The molecule has 0 bridgehead atoms. The smallest absolute Gasteiger partial charge is 0.137 e. The summed E-state index contributed by atoms with van der Waals surface area (Å²) in [7, 11) is 0. The van der Waals surface area contributed by atoms with Gasteiger partial charge in [0.1, 0.15) is 17.2 Å². The molecule has 0 aliphatic rings. The number of nitrogens with zero attached hydrogens (tertiary/aromatic N) is 3. The van der Waals surface area contributed by atoms with Gasteiger partial charge < -0.3 is 13.6 Å². The van der Waals surface area contributed by atoms with Crippen molar-refractivity contribution < 1.29 is 4.42 Å². The summed E-state index contributed by atoms with van der Waals surface area (Å²) in [5, 5.41) is 17.4. The second-order valence-corrected chi connectivity index (χ2v) is 12.0. The minimum absolute atomic E-state index is 0.612. The van der Waals surface area contributed by atoms with E-state index in [2.05, 4.69) is 143 Å². The topological polar surface area (TPSA) is 46.8 Å². The monoisotopic (exact) mass is 599 g/mol. The van der Waals surface area contributed by atoms with Gasteiger partial charge in [0, 0.05) is 32.6 Å². The zero-order valence-electron chi connectivity index (χ0n) is 25.2. The molecule has 0 N–H and O–H groups in total. The Balaban J connectivity index is 1.15. The predicted molar refractivity (Wildman–Crippen MR) is 193 cm³/mol. The summed E-state index contributed by atoms with van der Waals surface area (Å²) in [6.45, 7) is 0. The van der Waals surface area contributed by atoms with Gasteiger partial charge in [0.05, 0.1) is 38.7 Å². The van der Waals surface area contributed by atoms with E-state index in [4.69, 9.17) is 4.42 Å². The van der Waals surface area contributed by atoms with E-state index in [9.17, 15) is 5.26 Å². The SMILES string of the molecule is N#Cc1cc(-c2ccc(-n3c4ccccc4c4ccccc43)cc2)ccc1-n1c2ccccc2c2ccc3oc4ccccc4c3c21. The summed E-state index contributed by atoms with van der Waals surface area (Å²) in [5.74, 6) is 0. The van der Waals surface area contributed by atoms with Gasteiger partial charge in [0.25, 0.3) is 0 Å². The molecule has 0 unspecified atom stereocenters. The third-order valence-electron chi connectivity index (χ3n) is 9.57. The van der Waals surface area contributed by atoms with Gasteiger partial charge in [-0.05, 0) is 71.8 Å². The Morgan fingerprint density at radius 3 is 1.72 bits per heavy atom. The van der Waals surface area contributed by atoms with E-state index in [0.29, 0.717) is 5.56 Å². The molecule has 10 aromatic rings. The van der Waals surface area contributed by atoms with Crippen molar-refractivity contribution in [3.05, 3.63) is 157 Å².